The normalized spacial score (nSPS) is 40.3. The van der Waals surface area contributed by atoms with Crippen molar-refractivity contribution in [3.05, 3.63) is 0 Å². The highest BCUT2D eigenvalue weighted by atomic mass is 35.5. The third-order valence-corrected chi connectivity index (χ3v) is 5.70. The second-order valence-electron chi connectivity index (χ2n) is 8.70. The van der Waals surface area contributed by atoms with Gasteiger partial charge in [-0.1, -0.05) is 0 Å². The monoisotopic (exact) mass is 285 g/mol. The topological polar surface area (TPSA) is 12.0 Å². The molecule has 0 saturated heterocycles. The molecule has 0 aromatic heterocycles. The summed E-state index contributed by atoms with van der Waals surface area (Å²) in [6, 6.07) is 0. The molecule has 4 saturated carbocycles. The first-order valence-corrected chi connectivity index (χ1v) is 8.19. The molecule has 0 amide bonds. The average Bonchev–Trinajstić information content (AvgIpc) is 2.21. The maximum atomic E-state index is 3.65. The van der Waals surface area contributed by atoms with Gasteiger partial charge in [-0.25, -0.2) is 0 Å². The summed E-state index contributed by atoms with van der Waals surface area (Å²) in [5.74, 6) is 3.35. The molecule has 4 bridgehead atoms. The molecule has 0 radical (unpaired) electrons. The Balaban J connectivity index is 0.00000133. The quantitative estimate of drug-likeness (QED) is 0.732. The number of rotatable bonds is 4. The highest BCUT2D eigenvalue weighted by molar-refractivity contribution is 5.85. The van der Waals surface area contributed by atoms with Crippen molar-refractivity contribution in [2.45, 2.75) is 77.7 Å². The van der Waals surface area contributed by atoms with Crippen LogP contribution in [0.5, 0.6) is 0 Å². The molecule has 4 fully saturated rings. The Hall–Kier alpha value is 0.250. The molecule has 0 unspecified atom stereocenters. The van der Waals surface area contributed by atoms with Crippen LogP contribution in [0.25, 0.3) is 0 Å². The fourth-order valence-electron chi connectivity index (χ4n) is 5.52. The third-order valence-electron chi connectivity index (χ3n) is 5.70. The third kappa shape index (κ3) is 3.67. The predicted molar refractivity (Wildman–Crippen MR) is 84.8 cm³/mol. The SMILES string of the molecule is CC(C)(C)NCCCC12CC3CC(CC(C3)C1)C2.Cl. The Morgan fingerprint density at radius 1 is 0.947 bits per heavy atom. The summed E-state index contributed by atoms with van der Waals surface area (Å²) in [4.78, 5) is 0. The highest BCUT2D eigenvalue weighted by Crippen LogP contribution is 2.61. The van der Waals surface area contributed by atoms with Gasteiger partial charge in [-0.15, -0.1) is 12.4 Å². The average molecular weight is 286 g/mol. The van der Waals surface area contributed by atoms with E-state index >= 15 is 0 Å². The van der Waals surface area contributed by atoms with Gasteiger partial charge >= 0.3 is 0 Å². The maximum absolute atomic E-state index is 3.65. The first-order valence-electron chi connectivity index (χ1n) is 8.19. The van der Waals surface area contributed by atoms with Gasteiger partial charge in [-0.2, -0.15) is 0 Å². The van der Waals surface area contributed by atoms with E-state index in [2.05, 4.69) is 26.1 Å². The summed E-state index contributed by atoms with van der Waals surface area (Å²) in [7, 11) is 0. The molecule has 0 spiro atoms. The number of hydrogen-bond acceptors (Lipinski definition) is 1. The van der Waals surface area contributed by atoms with Crippen LogP contribution in [0, 0.1) is 23.2 Å². The molecular weight excluding hydrogens is 254 g/mol. The fourth-order valence-corrected chi connectivity index (χ4v) is 5.52. The van der Waals surface area contributed by atoms with Crippen molar-refractivity contribution in [3.63, 3.8) is 0 Å². The van der Waals surface area contributed by atoms with E-state index in [1.165, 1.54) is 19.4 Å². The molecule has 4 rings (SSSR count). The summed E-state index contributed by atoms with van der Waals surface area (Å²) in [6.45, 7) is 8.04. The zero-order valence-corrected chi connectivity index (χ0v) is 13.8. The minimum absolute atomic E-state index is 0. The largest absolute Gasteiger partial charge is 0.312 e. The number of hydrogen-bond donors (Lipinski definition) is 1. The minimum atomic E-state index is 0. The molecule has 2 heteroatoms. The Morgan fingerprint density at radius 2 is 1.42 bits per heavy atom. The second kappa shape index (κ2) is 5.56. The standard InChI is InChI=1S/C17H31N.ClH/c1-16(2,3)18-6-4-5-17-10-13-7-14(11-17)9-15(8-13)12-17;/h13-15,18H,4-12H2,1-3H3;1H. The van der Waals surface area contributed by atoms with E-state index in [0.717, 1.165) is 23.2 Å². The minimum Gasteiger partial charge on any atom is -0.312 e. The van der Waals surface area contributed by atoms with Crippen LogP contribution in [0.4, 0.5) is 0 Å². The van der Waals surface area contributed by atoms with Gasteiger partial charge in [0.15, 0.2) is 0 Å². The van der Waals surface area contributed by atoms with E-state index in [0.29, 0.717) is 5.54 Å². The van der Waals surface area contributed by atoms with Crippen molar-refractivity contribution in [3.8, 4) is 0 Å². The van der Waals surface area contributed by atoms with Crippen molar-refractivity contribution >= 4 is 12.4 Å². The lowest BCUT2D eigenvalue weighted by Crippen LogP contribution is -2.46. The molecule has 112 valence electrons. The Bertz CT molecular complexity index is 270. The molecule has 0 heterocycles. The lowest BCUT2D eigenvalue weighted by Gasteiger charge is -2.57. The second-order valence-corrected chi connectivity index (χ2v) is 8.70. The molecular formula is C17H32ClN. The van der Waals surface area contributed by atoms with E-state index < -0.39 is 0 Å². The highest BCUT2D eigenvalue weighted by Gasteiger charge is 2.50. The first-order chi connectivity index (χ1) is 8.44. The van der Waals surface area contributed by atoms with Crippen LogP contribution in [-0.2, 0) is 0 Å². The van der Waals surface area contributed by atoms with Gasteiger partial charge in [0.2, 0.25) is 0 Å². The van der Waals surface area contributed by atoms with E-state index in [4.69, 9.17) is 0 Å². The van der Waals surface area contributed by atoms with Crippen molar-refractivity contribution in [2.24, 2.45) is 23.2 Å². The van der Waals surface area contributed by atoms with Crippen molar-refractivity contribution in [1.82, 2.24) is 5.32 Å². The van der Waals surface area contributed by atoms with E-state index in [1.54, 1.807) is 38.5 Å². The van der Waals surface area contributed by atoms with Gasteiger partial charge in [0.05, 0.1) is 0 Å². The van der Waals surface area contributed by atoms with Crippen molar-refractivity contribution < 1.29 is 0 Å². The first kappa shape index (κ1) is 15.6. The fraction of sp³-hybridized carbons (Fsp3) is 1.00. The summed E-state index contributed by atoms with van der Waals surface area (Å²) >= 11 is 0. The van der Waals surface area contributed by atoms with E-state index in [9.17, 15) is 0 Å². The van der Waals surface area contributed by atoms with E-state index in [1.807, 2.05) is 0 Å². The molecule has 0 aromatic rings. The zero-order valence-electron chi connectivity index (χ0n) is 13.0. The summed E-state index contributed by atoms with van der Waals surface area (Å²) in [6.07, 6.45) is 12.4. The lowest BCUT2D eigenvalue weighted by atomic mass is 9.48. The van der Waals surface area contributed by atoms with Crippen molar-refractivity contribution in [1.29, 1.82) is 0 Å². The number of halogens is 1. The molecule has 1 N–H and O–H groups in total. The Kier molecular flexibility index (Phi) is 4.58. The van der Waals surface area contributed by atoms with Crippen LogP contribution >= 0.6 is 12.4 Å². The van der Waals surface area contributed by atoms with Crippen LogP contribution in [0.1, 0.15) is 72.1 Å². The van der Waals surface area contributed by atoms with Crippen LogP contribution in [0.15, 0.2) is 0 Å². The molecule has 0 aliphatic heterocycles. The summed E-state index contributed by atoms with van der Waals surface area (Å²) in [5, 5.41) is 3.65. The van der Waals surface area contributed by atoms with Gasteiger partial charge in [-0.3, -0.25) is 0 Å². The van der Waals surface area contributed by atoms with Gasteiger partial charge < -0.3 is 5.32 Å². The molecule has 1 nitrogen and oxygen atoms in total. The van der Waals surface area contributed by atoms with Gasteiger partial charge in [0.25, 0.3) is 0 Å². The molecule has 19 heavy (non-hydrogen) atoms. The smallest absolute Gasteiger partial charge is 0.00965 e. The summed E-state index contributed by atoms with van der Waals surface area (Å²) in [5.41, 5.74) is 1.08. The van der Waals surface area contributed by atoms with Gasteiger partial charge in [-0.05, 0) is 102 Å². The number of nitrogens with one attached hydrogen (secondary N) is 1. The Labute approximate surface area is 125 Å². The van der Waals surface area contributed by atoms with Crippen LogP contribution < -0.4 is 5.32 Å². The maximum Gasteiger partial charge on any atom is 0.00965 e. The molecule has 4 aliphatic rings. The lowest BCUT2D eigenvalue weighted by molar-refractivity contribution is -0.0581. The summed E-state index contributed by atoms with van der Waals surface area (Å²) < 4.78 is 0. The van der Waals surface area contributed by atoms with Gasteiger partial charge in [0.1, 0.15) is 0 Å². The molecule has 4 aliphatic carbocycles. The van der Waals surface area contributed by atoms with E-state index in [-0.39, 0.29) is 12.4 Å². The Morgan fingerprint density at radius 3 is 1.84 bits per heavy atom. The van der Waals surface area contributed by atoms with Crippen molar-refractivity contribution in [2.75, 3.05) is 6.54 Å². The molecule has 0 aromatic carbocycles. The zero-order chi connectivity index (χ0) is 12.8. The van der Waals surface area contributed by atoms with Crippen LogP contribution in [0.3, 0.4) is 0 Å². The van der Waals surface area contributed by atoms with Crippen LogP contribution in [-0.4, -0.2) is 12.1 Å². The predicted octanol–water partition coefficient (Wildman–Crippen LogP) is 4.79. The molecule has 0 atom stereocenters. The van der Waals surface area contributed by atoms with Crippen LogP contribution in [0.2, 0.25) is 0 Å². The van der Waals surface area contributed by atoms with Gasteiger partial charge in [0, 0.05) is 5.54 Å².